The third kappa shape index (κ3) is 4.94. The molecule has 1 aliphatic rings. The lowest BCUT2D eigenvalue weighted by Gasteiger charge is -2.26. The summed E-state index contributed by atoms with van der Waals surface area (Å²) in [5.41, 5.74) is 0. The molecule has 0 bridgehead atoms. The minimum Gasteiger partial charge on any atom is -0.356 e. The van der Waals surface area contributed by atoms with Crippen molar-refractivity contribution in [2.75, 3.05) is 33.2 Å². The lowest BCUT2D eigenvalue weighted by Crippen LogP contribution is -2.35. The summed E-state index contributed by atoms with van der Waals surface area (Å²) in [4.78, 5) is 13.7. The maximum Gasteiger partial charge on any atom is 0.221 e. The number of nitrogens with one attached hydrogen (secondary N) is 2. The fourth-order valence-corrected chi connectivity index (χ4v) is 2.19. The predicted molar refractivity (Wildman–Crippen MR) is 66.4 cm³/mol. The average Bonchev–Trinajstić information content (AvgIpc) is 2.55. The van der Waals surface area contributed by atoms with Crippen LogP contribution in [0.4, 0.5) is 0 Å². The van der Waals surface area contributed by atoms with Crippen LogP contribution < -0.4 is 10.6 Å². The molecule has 16 heavy (non-hydrogen) atoms. The molecule has 94 valence electrons. The van der Waals surface area contributed by atoms with E-state index in [4.69, 9.17) is 0 Å². The van der Waals surface area contributed by atoms with Crippen molar-refractivity contribution >= 4 is 5.91 Å². The first kappa shape index (κ1) is 13.5. The van der Waals surface area contributed by atoms with Gasteiger partial charge < -0.3 is 15.5 Å². The smallest absolute Gasteiger partial charge is 0.221 e. The van der Waals surface area contributed by atoms with Crippen LogP contribution in [0.3, 0.4) is 0 Å². The van der Waals surface area contributed by atoms with Crippen LogP contribution in [0.15, 0.2) is 0 Å². The van der Waals surface area contributed by atoms with E-state index in [0.29, 0.717) is 12.5 Å². The highest BCUT2D eigenvalue weighted by Crippen LogP contribution is 2.11. The van der Waals surface area contributed by atoms with E-state index >= 15 is 0 Å². The number of rotatable bonds is 5. The van der Waals surface area contributed by atoms with Crippen LogP contribution >= 0.6 is 0 Å². The molecule has 0 aromatic heterocycles. The van der Waals surface area contributed by atoms with Gasteiger partial charge in [0.25, 0.3) is 0 Å². The molecule has 0 aromatic rings. The number of hydrogen-bond acceptors (Lipinski definition) is 3. The molecular weight excluding hydrogens is 202 g/mol. The number of carbonyl (C=O) groups excluding carboxylic acids is 1. The normalized spacial score (nSPS) is 21.8. The Morgan fingerprint density at radius 2 is 2.25 bits per heavy atom. The molecule has 1 atom stereocenters. The van der Waals surface area contributed by atoms with Gasteiger partial charge in [0.05, 0.1) is 0 Å². The Bertz CT molecular complexity index is 200. The molecule has 1 amide bonds. The second-order valence-corrected chi connectivity index (χ2v) is 4.52. The summed E-state index contributed by atoms with van der Waals surface area (Å²) in [5.74, 6) is 0.168. The third-order valence-corrected chi connectivity index (χ3v) is 3.23. The highest BCUT2D eigenvalue weighted by atomic mass is 16.1. The SMILES string of the molecule is CCNC(=O)CCN(C)C1CCCNCC1. The lowest BCUT2D eigenvalue weighted by molar-refractivity contribution is -0.121. The van der Waals surface area contributed by atoms with Gasteiger partial charge in [-0.1, -0.05) is 0 Å². The van der Waals surface area contributed by atoms with Crippen LogP contribution in [0, 0.1) is 0 Å². The van der Waals surface area contributed by atoms with Crippen molar-refractivity contribution in [1.29, 1.82) is 0 Å². The Morgan fingerprint density at radius 3 is 3.00 bits per heavy atom. The first-order chi connectivity index (χ1) is 7.74. The van der Waals surface area contributed by atoms with Crippen molar-refractivity contribution in [2.45, 2.75) is 38.6 Å². The van der Waals surface area contributed by atoms with Gasteiger partial charge >= 0.3 is 0 Å². The Kier molecular flexibility index (Phi) is 6.42. The Morgan fingerprint density at radius 1 is 1.44 bits per heavy atom. The molecule has 0 radical (unpaired) electrons. The Hall–Kier alpha value is -0.610. The van der Waals surface area contributed by atoms with Crippen molar-refractivity contribution in [3.63, 3.8) is 0 Å². The topological polar surface area (TPSA) is 44.4 Å². The van der Waals surface area contributed by atoms with E-state index in [1.165, 1.54) is 19.3 Å². The number of nitrogens with zero attached hydrogens (tertiary/aromatic N) is 1. The maximum atomic E-state index is 11.3. The van der Waals surface area contributed by atoms with Gasteiger partial charge in [0.1, 0.15) is 0 Å². The second kappa shape index (κ2) is 7.63. The molecule has 4 heteroatoms. The van der Waals surface area contributed by atoms with Crippen molar-refractivity contribution in [2.24, 2.45) is 0 Å². The second-order valence-electron chi connectivity index (χ2n) is 4.52. The van der Waals surface area contributed by atoms with Crippen LogP contribution in [0.1, 0.15) is 32.6 Å². The zero-order valence-corrected chi connectivity index (χ0v) is 10.6. The summed E-state index contributed by atoms with van der Waals surface area (Å²) < 4.78 is 0. The van der Waals surface area contributed by atoms with E-state index in [0.717, 1.165) is 26.2 Å². The molecular formula is C12H25N3O. The van der Waals surface area contributed by atoms with Gasteiger partial charge in [0.2, 0.25) is 5.91 Å². The van der Waals surface area contributed by atoms with Crippen LogP contribution in [0.2, 0.25) is 0 Å². The van der Waals surface area contributed by atoms with Gasteiger partial charge in [-0.2, -0.15) is 0 Å². The average molecular weight is 227 g/mol. The van der Waals surface area contributed by atoms with E-state index in [2.05, 4.69) is 22.6 Å². The fraction of sp³-hybridized carbons (Fsp3) is 0.917. The zero-order chi connectivity index (χ0) is 11.8. The number of carbonyl (C=O) groups is 1. The van der Waals surface area contributed by atoms with E-state index in [1.807, 2.05) is 6.92 Å². The largest absolute Gasteiger partial charge is 0.356 e. The monoisotopic (exact) mass is 227 g/mol. The van der Waals surface area contributed by atoms with Crippen LogP contribution in [0.5, 0.6) is 0 Å². The van der Waals surface area contributed by atoms with Crippen molar-refractivity contribution < 1.29 is 4.79 Å². The van der Waals surface area contributed by atoms with Crippen LogP contribution in [-0.2, 0) is 4.79 Å². The molecule has 0 spiro atoms. The summed E-state index contributed by atoms with van der Waals surface area (Å²) in [6.07, 6.45) is 4.31. The number of amides is 1. The van der Waals surface area contributed by atoms with Gasteiger partial charge in [-0.3, -0.25) is 4.79 Å². The molecule has 0 aliphatic carbocycles. The number of hydrogen-bond donors (Lipinski definition) is 2. The van der Waals surface area contributed by atoms with Gasteiger partial charge in [-0.15, -0.1) is 0 Å². The molecule has 1 saturated heterocycles. The van der Waals surface area contributed by atoms with E-state index < -0.39 is 0 Å². The van der Waals surface area contributed by atoms with E-state index in [-0.39, 0.29) is 5.91 Å². The van der Waals surface area contributed by atoms with Crippen LogP contribution in [-0.4, -0.2) is 50.1 Å². The Labute approximate surface area is 98.8 Å². The minimum absolute atomic E-state index is 0.168. The molecule has 1 aliphatic heterocycles. The summed E-state index contributed by atoms with van der Waals surface area (Å²) >= 11 is 0. The van der Waals surface area contributed by atoms with Gasteiger partial charge in [0.15, 0.2) is 0 Å². The first-order valence-corrected chi connectivity index (χ1v) is 6.41. The minimum atomic E-state index is 0.168. The summed E-state index contributed by atoms with van der Waals surface area (Å²) in [6, 6.07) is 0.643. The first-order valence-electron chi connectivity index (χ1n) is 6.41. The zero-order valence-electron chi connectivity index (χ0n) is 10.6. The van der Waals surface area contributed by atoms with E-state index in [9.17, 15) is 4.79 Å². The quantitative estimate of drug-likeness (QED) is 0.722. The lowest BCUT2D eigenvalue weighted by atomic mass is 10.1. The van der Waals surface area contributed by atoms with Gasteiger partial charge in [-0.05, 0) is 46.3 Å². The molecule has 0 aromatic carbocycles. The molecule has 1 heterocycles. The van der Waals surface area contributed by atoms with E-state index in [1.54, 1.807) is 0 Å². The molecule has 1 fully saturated rings. The van der Waals surface area contributed by atoms with Crippen molar-refractivity contribution in [3.8, 4) is 0 Å². The Balaban J connectivity index is 2.22. The highest BCUT2D eigenvalue weighted by Gasteiger charge is 2.16. The molecule has 0 saturated carbocycles. The van der Waals surface area contributed by atoms with Gasteiger partial charge in [-0.25, -0.2) is 0 Å². The van der Waals surface area contributed by atoms with Gasteiger partial charge in [0, 0.05) is 25.6 Å². The maximum absolute atomic E-state index is 11.3. The van der Waals surface area contributed by atoms with Crippen molar-refractivity contribution in [1.82, 2.24) is 15.5 Å². The third-order valence-electron chi connectivity index (χ3n) is 3.23. The van der Waals surface area contributed by atoms with Crippen LogP contribution in [0.25, 0.3) is 0 Å². The molecule has 4 nitrogen and oxygen atoms in total. The summed E-state index contributed by atoms with van der Waals surface area (Å²) in [5, 5.41) is 6.25. The van der Waals surface area contributed by atoms with Crippen molar-refractivity contribution in [3.05, 3.63) is 0 Å². The molecule has 2 N–H and O–H groups in total. The highest BCUT2D eigenvalue weighted by molar-refractivity contribution is 5.75. The molecule has 1 rings (SSSR count). The predicted octanol–water partition coefficient (Wildman–Crippen LogP) is 0.587. The summed E-state index contributed by atoms with van der Waals surface area (Å²) in [7, 11) is 2.13. The fourth-order valence-electron chi connectivity index (χ4n) is 2.19. The molecule has 1 unspecified atom stereocenters. The summed E-state index contributed by atoms with van der Waals surface area (Å²) in [6.45, 7) is 5.81. The standard InChI is InChI=1S/C12H25N3O/c1-3-14-12(16)7-10-15(2)11-5-4-8-13-9-6-11/h11,13H,3-10H2,1-2H3,(H,14,16).